The zero-order chi connectivity index (χ0) is 12.8. The summed E-state index contributed by atoms with van der Waals surface area (Å²) in [4.78, 5) is 11.6. The average Bonchev–Trinajstić information content (AvgIpc) is 2.91. The van der Waals surface area contributed by atoms with E-state index in [1.54, 1.807) is 6.08 Å². The van der Waals surface area contributed by atoms with E-state index in [0.717, 1.165) is 32.1 Å². The summed E-state index contributed by atoms with van der Waals surface area (Å²) in [6.45, 7) is 4.63. The van der Waals surface area contributed by atoms with Crippen LogP contribution in [0.15, 0.2) is 12.2 Å². The number of carbonyl (C=O) groups is 1. The minimum atomic E-state index is 0.0584. The molecule has 0 spiro atoms. The van der Waals surface area contributed by atoms with E-state index in [1.165, 1.54) is 25.7 Å². The summed E-state index contributed by atoms with van der Waals surface area (Å²) >= 11 is 0. The Labute approximate surface area is 110 Å². The summed E-state index contributed by atoms with van der Waals surface area (Å²) in [6.07, 6.45) is 10.1. The fraction of sp³-hybridized carbons (Fsp3) is 0.800. The van der Waals surface area contributed by atoms with E-state index in [2.05, 4.69) is 18.3 Å². The first-order chi connectivity index (χ1) is 8.79. The molecule has 0 aromatic carbocycles. The molecule has 0 aromatic heterocycles. The lowest BCUT2D eigenvalue weighted by molar-refractivity contribution is -0.116. The van der Waals surface area contributed by atoms with Gasteiger partial charge in [0.25, 0.3) is 0 Å². The summed E-state index contributed by atoms with van der Waals surface area (Å²) in [5.74, 6) is 2.08. The Kier molecular flexibility index (Phi) is 5.24. The molecule has 102 valence electrons. The number of allylic oxidation sites excluding steroid dienone is 1. The number of unbranched alkanes of at least 4 members (excludes halogenated alkanes) is 1. The number of rotatable bonds is 7. The summed E-state index contributed by atoms with van der Waals surface area (Å²) in [5.41, 5.74) is 0. The van der Waals surface area contributed by atoms with E-state index < -0.39 is 0 Å². The van der Waals surface area contributed by atoms with Gasteiger partial charge in [-0.2, -0.15) is 0 Å². The van der Waals surface area contributed by atoms with Crippen molar-refractivity contribution in [3.63, 3.8) is 0 Å². The van der Waals surface area contributed by atoms with Crippen LogP contribution < -0.4 is 5.32 Å². The molecule has 1 heterocycles. The highest BCUT2D eigenvalue weighted by Crippen LogP contribution is 2.43. The molecule has 0 radical (unpaired) electrons. The first-order valence-corrected chi connectivity index (χ1v) is 7.33. The normalized spacial score (nSPS) is 30.8. The molecule has 3 nitrogen and oxygen atoms in total. The van der Waals surface area contributed by atoms with Crippen molar-refractivity contribution >= 4 is 5.91 Å². The van der Waals surface area contributed by atoms with Crippen LogP contribution in [0.2, 0.25) is 0 Å². The minimum Gasteiger partial charge on any atom is -0.381 e. The standard InChI is InChI=1S/C15H25NO2/c1-2-3-4-13-9-14(13)5-6-15(17)16-10-12-7-8-18-11-12/h5-6,12-14H,2-4,7-11H2,1H3,(H,16,17)/b6-5+. The Morgan fingerprint density at radius 3 is 3.11 bits per heavy atom. The van der Waals surface area contributed by atoms with Gasteiger partial charge >= 0.3 is 0 Å². The van der Waals surface area contributed by atoms with E-state index in [4.69, 9.17) is 4.74 Å². The predicted octanol–water partition coefficient (Wildman–Crippen LogP) is 2.52. The van der Waals surface area contributed by atoms with Crippen molar-refractivity contribution < 1.29 is 9.53 Å². The number of amides is 1. The van der Waals surface area contributed by atoms with Gasteiger partial charge in [-0.05, 0) is 37.2 Å². The van der Waals surface area contributed by atoms with Crippen molar-refractivity contribution in [3.8, 4) is 0 Å². The molecule has 2 rings (SSSR count). The molecule has 1 N–H and O–H groups in total. The van der Waals surface area contributed by atoms with Gasteiger partial charge in [-0.3, -0.25) is 4.79 Å². The smallest absolute Gasteiger partial charge is 0.243 e. The summed E-state index contributed by atoms with van der Waals surface area (Å²) in [5, 5.41) is 2.96. The van der Waals surface area contributed by atoms with Gasteiger partial charge in [0.05, 0.1) is 6.61 Å². The predicted molar refractivity (Wildman–Crippen MR) is 72.2 cm³/mol. The molecule has 1 saturated carbocycles. The van der Waals surface area contributed by atoms with Crippen LogP contribution >= 0.6 is 0 Å². The van der Waals surface area contributed by atoms with Gasteiger partial charge in [0.15, 0.2) is 0 Å². The maximum atomic E-state index is 11.6. The second-order valence-electron chi connectivity index (χ2n) is 5.64. The molecule has 18 heavy (non-hydrogen) atoms. The first-order valence-electron chi connectivity index (χ1n) is 7.33. The second kappa shape index (κ2) is 6.93. The van der Waals surface area contributed by atoms with E-state index in [-0.39, 0.29) is 5.91 Å². The third-order valence-corrected chi connectivity index (χ3v) is 3.99. The van der Waals surface area contributed by atoms with Gasteiger partial charge in [0.1, 0.15) is 0 Å². The number of hydrogen-bond acceptors (Lipinski definition) is 2. The second-order valence-corrected chi connectivity index (χ2v) is 5.64. The van der Waals surface area contributed by atoms with Crippen molar-refractivity contribution in [1.29, 1.82) is 0 Å². The lowest BCUT2D eigenvalue weighted by Gasteiger charge is -2.07. The number of nitrogens with one attached hydrogen (secondary N) is 1. The van der Waals surface area contributed by atoms with Crippen molar-refractivity contribution in [1.82, 2.24) is 5.32 Å². The van der Waals surface area contributed by atoms with Crippen molar-refractivity contribution in [2.24, 2.45) is 17.8 Å². The molecule has 2 fully saturated rings. The number of hydrogen-bond donors (Lipinski definition) is 1. The van der Waals surface area contributed by atoms with Crippen LogP contribution in [0, 0.1) is 17.8 Å². The average molecular weight is 251 g/mol. The van der Waals surface area contributed by atoms with Gasteiger partial charge in [-0.1, -0.05) is 25.8 Å². The summed E-state index contributed by atoms with van der Waals surface area (Å²) in [7, 11) is 0. The first kappa shape index (κ1) is 13.6. The lowest BCUT2D eigenvalue weighted by atomic mass is 10.1. The van der Waals surface area contributed by atoms with Gasteiger partial charge in [-0.15, -0.1) is 0 Å². The van der Waals surface area contributed by atoms with Crippen LogP contribution in [0.4, 0.5) is 0 Å². The fourth-order valence-electron chi connectivity index (χ4n) is 2.56. The third-order valence-electron chi connectivity index (χ3n) is 3.99. The van der Waals surface area contributed by atoms with Crippen molar-refractivity contribution in [3.05, 3.63) is 12.2 Å². The van der Waals surface area contributed by atoms with Crippen LogP contribution in [0.5, 0.6) is 0 Å². The molecule has 3 atom stereocenters. The minimum absolute atomic E-state index is 0.0584. The zero-order valence-corrected chi connectivity index (χ0v) is 11.4. The van der Waals surface area contributed by atoms with E-state index in [0.29, 0.717) is 11.8 Å². The Balaban J connectivity index is 1.56. The molecular formula is C15H25NO2. The van der Waals surface area contributed by atoms with Crippen LogP contribution in [0.25, 0.3) is 0 Å². The van der Waals surface area contributed by atoms with E-state index in [1.807, 2.05) is 0 Å². The largest absolute Gasteiger partial charge is 0.381 e. The maximum absolute atomic E-state index is 11.6. The van der Waals surface area contributed by atoms with Crippen LogP contribution in [0.1, 0.15) is 39.0 Å². The topological polar surface area (TPSA) is 38.3 Å². The highest BCUT2D eigenvalue weighted by molar-refractivity contribution is 5.87. The highest BCUT2D eigenvalue weighted by Gasteiger charge is 2.33. The quantitative estimate of drug-likeness (QED) is 0.706. The van der Waals surface area contributed by atoms with Crippen molar-refractivity contribution in [2.45, 2.75) is 39.0 Å². The zero-order valence-electron chi connectivity index (χ0n) is 11.4. The molecule has 1 saturated heterocycles. The Morgan fingerprint density at radius 1 is 1.50 bits per heavy atom. The SMILES string of the molecule is CCCCC1CC1/C=C/C(=O)NCC1CCOC1. The highest BCUT2D eigenvalue weighted by atomic mass is 16.5. The fourth-order valence-corrected chi connectivity index (χ4v) is 2.56. The molecule has 0 bridgehead atoms. The van der Waals surface area contributed by atoms with E-state index >= 15 is 0 Å². The number of carbonyl (C=O) groups excluding carboxylic acids is 1. The van der Waals surface area contributed by atoms with E-state index in [9.17, 15) is 4.79 Å². The molecule has 2 aliphatic rings. The third kappa shape index (κ3) is 4.45. The summed E-state index contributed by atoms with van der Waals surface area (Å²) in [6, 6.07) is 0. The van der Waals surface area contributed by atoms with Gasteiger partial charge in [-0.25, -0.2) is 0 Å². The maximum Gasteiger partial charge on any atom is 0.243 e. The molecule has 1 amide bonds. The summed E-state index contributed by atoms with van der Waals surface area (Å²) < 4.78 is 5.28. The van der Waals surface area contributed by atoms with Crippen LogP contribution in [-0.4, -0.2) is 25.7 Å². The van der Waals surface area contributed by atoms with Gasteiger partial charge in [0.2, 0.25) is 5.91 Å². The van der Waals surface area contributed by atoms with Crippen molar-refractivity contribution in [2.75, 3.05) is 19.8 Å². The lowest BCUT2D eigenvalue weighted by Crippen LogP contribution is -2.27. The molecule has 3 heteroatoms. The molecule has 3 unspecified atom stereocenters. The molecule has 1 aliphatic heterocycles. The van der Waals surface area contributed by atoms with Gasteiger partial charge in [0, 0.05) is 19.1 Å². The molecular weight excluding hydrogens is 226 g/mol. The number of ether oxygens (including phenoxy) is 1. The Hall–Kier alpha value is -0.830. The monoisotopic (exact) mass is 251 g/mol. The van der Waals surface area contributed by atoms with Crippen LogP contribution in [-0.2, 0) is 9.53 Å². The molecule has 1 aliphatic carbocycles. The molecule has 0 aromatic rings. The Morgan fingerprint density at radius 2 is 2.39 bits per heavy atom. The van der Waals surface area contributed by atoms with Gasteiger partial charge < -0.3 is 10.1 Å². The Bertz CT molecular complexity index is 295. The van der Waals surface area contributed by atoms with Crippen LogP contribution in [0.3, 0.4) is 0 Å².